The van der Waals surface area contributed by atoms with Crippen molar-refractivity contribution in [2.75, 3.05) is 26.3 Å². The third-order valence-corrected chi connectivity index (χ3v) is 3.17. The van der Waals surface area contributed by atoms with Crippen LogP contribution in [0.3, 0.4) is 0 Å². The lowest BCUT2D eigenvalue weighted by Crippen LogP contribution is -2.42. The van der Waals surface area contributed by atoms with Gasteiger partial charge in [-0.2, -0.15) is 13.2 Å². The SMILES string of the molecule is CC1CCN(C(=O)CCOCC(F)(F)F)C1CN. The van der Waals surface area contributed by atoms with Crippen LogP contribution in [-0.4, -0.2) is 49.3 Å². The van der Waals surface area contributed by atoms with Gasteiger partial charge in [-0.15, -0.1) is 0 Å². The Labute approximate surface area is 104 Å². The summed E-state index contributed by atoms with van der Waals surface area (Å²) in [5, 5.41) is 0. The van der Waals surface area contributed by atoms with Crippen LogP contribution in [0.1, 0.15) is 19.8 Å². The molecule has 0 aromatic rings. The van der Waals surface area contributed by atoms with Gasteiger partial charge in [0.2, 0.25) is 5.91 Å². The number of carbonyl (C=O) groups excluding carboxylic acids is 1. The Balaban J connectivity index is 2.29. The molecule has 7 heteroatoms. The van der Waals surface area contributed by atoms with Gasteiger partial charge in [0, 0.05) is 19.1 Å². The molecule has 0 spiro atoms. The van der Waals surface area contributed by atoms with Crippen LogP contribution in [0.4, 0.5) is 13.2 Å². The molecule has 1 aliphatic rings. The zero-order valence-corrected chi connectivity index (χ0v) is 10.4. The van der Waals surface area contributed by atoms with Crippen molar-refractivity contribution in [3.63, 3.8) is 0 Å². The van der Waals surface area contributed by atoms with E-state index in [1.807, 2.05) is 6.92 Å². The number of hydrogen-bond acceptors (Lipinski definition) is 3. The van der Waals surface area contributed by atoms with Gasteiger partial charge in [0.1, 0.15) is 6.61 Å². The van der Waals surface area contributed by atoms with E-state index in [1.165, 1.54) is 0 Å². The van der Waals surface area contributed by atoms with Crippen LogP contribution in [0.2, 0.25) is 0 Å². The Bertz CT molecular complexity index is 284. The average Bonchev–Trinajstić information content (AvgIpc) is 2.64. The minimum Gasteiger partial charge on any atom is -0.372 e. The second-order valence-corrected chi connectivity index (χ2v) is 4.57. The fourth-order valence-electron chi connectivity index (χ4n) is 2.17. The highest BCUT2D eigenvalue weighted by molar-refractivity contribution is 5.77. The molecule has 1 heterocycles. The minimum atomic E-state index is -4.34. The van der Waals surface area contributed by atoms with E-state index in [9.17, 15) is 18.0 Å². The predicted molar refractivity (Wildman–Crippen MR) is 59.8 cm³/mol. The summed E-state index contributed by atoms with van der Waals surface area (Å²) in [6.45, 7) is 1.51. The van der Waals surface area contributed by atoms with E-state index in [4.69, 9.17) is 5.73 Å². The lowest BCUT2D eigenvalue weighted by atomic mass is 10.0. The Kier molecular flexibility index (Phi) is 5.40. The molecule has 0 bridgehead atoms. The van der Waals surface area contributed by atoms with E-state index >= 15 is 0 Å². The van der Waals surface area contributed by atoms with Crippen molar-refractivity contribution in [3.05, 3.63) is 0 Å². The molecule has 2 N–H and O–H groups in total. The molecule has 4 nitrogen and oxygen atoms in total. The van der Waals surface area contributed by atoms with Crippen molar-refractivity contribution < 1.29 is 22.7 Å². The molecular formula is C11H19F3N2O2. The van der Waals surface area contributed by atoms with Crippen molar-refractivity contribution in [1.29, 1.82) is 0 Å². The van der Waals surface area contributed by atoms with Crippen LogP contribution >= 0.6 is 0 Å². The van der Waals surface area contributed by atoms with Gasteiger partial charge in [-0.05, 0) is 12.3 Å². The third-order valence-electron chi connectivity index (χ3n) is 3.17. The summed E-state index contributed by atoms with van der Waals surface area (Å²) < 4.78 is 39.9. The summed E-state index contributed by atoms with van der Waals surface area (Å²) in [6.07, 6.45) is -3.48. The number of alkyl halides is 3. The highest BCUT2D eigenvalue weighted by atomic mass is 19.4. The maximum atomic E-state index is 11.8. The topological polar surface area (TPSA) is 55.6 Å². The molecule has 0 aromatic carbocycles. The zero-order valence-electron chi connectivity index (χ0n) is 10.4. The van der Waals surface area contributed by atoms with Crippen LogP contribution < -0.4 is 5.73 Å². The molecule has 2 unspecified atom stereocenters. The standard InChI is InChI=1S/C11H19F3N2O2/c1-8-2-4-16(9(8)6-15)10(17)3-5-18-7-11(12,13)14/h8-9H,2-7,15H2,1H3. The molecular weight excluding hydrogens is 249 g/mol. The van der Waals surface area contributed by atoms with Gasteiger partial charge in [-0.25, -0.2) is 0 Å². The van der Waals surface area contributed by atoms with E-state index in [2.05, 4.69) is 4.74 Å². The second-order valence-electron chi connectivity index (χ2n) is 4.57. The first-order valence-electron chi connectivity index (χ1n) is 5.99. The van der Waals surface area contributed by atoms with E-state index in [-0.39, 0.29) is 25.0 Å². The van der Waals surface area contributed by atoms with Crippen molar-refractivity contribution >= 4 is 5.91 Å². The van der Waals surface area contributed by atoms with Crippen LogP contribution in [0, 0.1) is 5.92 Å². The largest absolute Gasteiger partial charge is 0.411 e. The quantitative estimate of drug-likeness (QED) is 0.761. The van der Waals surface area contributed by atoms with Gasteiger partial charge in [-0.1, -0.05) is 6.92 Å². The van der Waals surface area contributed by atoms with Crippen molar-refractivity contribution in [3.8, 4) is 0 Å². The number of amides is 1. The minimum absolute atomic E-state index is 0.000108. The Morgan fingerprint density at radius 1 is 1.50 bits per heavy atom. The molecule has 0 aliphatic carbocycles. The molecule has 1 saturated heterocycles. The molecule has 0 saturated carbocycles. The zero-order chi connectivity index (χ0) is 13.8. The number of carbonyl (C=O) groups is 1. The normalized spacial score (nSPS) is 24.6. The highest BCUT2D eigenvalue weighted by Crippen LogP contribution is 2.23. The highest BCUT2D eigenvalue weighted by Gasteiger charge is 2.33. The van der Waals surface area contributed by atoms with E-state index < -0.39 is 12.8 Å². The second kappa shape index (κ2) is 6.38. The Hall–Kier alpha value is -0.820. The van der Waals surface area contributed by atoms with Crippen LogP contribution in [0.5, 0.6) is 0 Å². The number of nitrogens with two attached hydrogens (primary N) is 1. The van der Waals surface area contributed by atoms with Gasteiger partial charge in [-0.3, -0.25) is 4.79 Å². The van der Waals surface area contributed by atoms with Crippen molar-refractivity contribution in [2.45, 2.75) is 32.0 Å². The molecule has 0 radical (unpaired) electrons. The van der Waals surface area contributed by atoms with Gasteiger partial charge in [0.05, 0.1) is 13.0 Å². The fourth-order valence-corrected chi connectivity index (χ4v) is 2.17. The summed E-state index contributed by atoms with van der Waals surface area (Å²) in [5.74, 6) is 0.159. The lowest BCUT2D eigenvalue weighted by Gasteiger charge is -2.25. The Morgan fingerprint density at radius 2 is 2.17 bits per heavy atom. The summed E-state index contributed by atoms with van der Waals surface area (Å²) in [6, 6.07) is 0.000108. The lowest BCUT2D eigenvalue weighted by molar-refractivity contribution is -0.175. The van der Waals surface area contributed by atoms with Gasteiger partial charge in [0.15, 0.2) is 0 Å². The van der Waals surface area contributed by atoms with Crippen molar-refractivity contribution in [2.24, 2.45) is 11.7 Å². The molecule has 1 aliphatic heterocycles. The van der Waals surface area contributed by atoms with E-state index in [1.54, 1.807) is 4.90 Å². The van der Waals surface area contributed by atoms with Crippen LogP contribution in [0.25, 0.3) is 0 Å². The van der Waals surface area contributed by atoms with Gasteiger partial charge >= 0.3 is 6.18 Å². The monoisotopic (exact) mass is 268 g/mol. The first-order chi connectivity index (χ1) is 8.35. The molecule has 106 valence electrons. The number of halogens is 3. The van der Waals surface area contributed by atoms with E-state index in [0.29, 0.717) is 19.0 Å². The first-order valence-corrected chi connectivity index (χ1v) is 5.99. The molecule has 1 amide bonds. The summed E-state index contributed by atoms with van der Waals surface area (Å²) in [5.41, 5.74) is 5.59. The molecule has 2 atom stereocenters. The van der Waals surface area contributed by atoms with Gasteiger partial charge in [0.25, 0.3) is 0 Å². The maximum absolute atomic E-state index is 11.8. The summed E-state index contributed by atoms with van der Waals surface area (Å²) >= 11 is 0. The van der Waals surface area contributed by atoms with Crippen molar-refractivity contribution in [1.82, 2.24) is 4.90 Å². The molecule has 0 aromatic heterocycles. The smallest absolute Gasteiger partial charge is 0.372 e. The van der Waals surface area contributed by atoms with Crippen LogP contribution in [0.15, 0.2) is 0 Å². The molecule has 1 fully saturated rings. The average molecular weight is 268 g/mol. The first kappa shape index (κ1) is 15.2. The molecule has 18 heavy (non-hydrogen) atoms. The number of ether oxygens (including phenoxy) is 1. The third kappa shape index (κ3) is 4.45. The van der Waals surface area contributed by atoms with E-state index in [0.717, 1.165) is 6.42 Å². The summed E-state index contributed by atoms with van der Waals surface area (Å²) in [7, 11) is 0. The number of likely N-dealkylation sites (tertiary alicyclic amines) is 1. The number of rotatable bonds is 5. The predicted octanol–water partition coefficient (Wildman–Crippen LogP) is 1.15. The number of hydrogen-bond donors (Lipinski definition) is 1. The van der Waals surface area contributed by atoms with Crippen LogP contribution in [-0.2, 0) is 9.53 Å². The Morgan fingerprint density at radius 3 is 2.72 bits per heavy atom. The fraction of sp³-hybridized carbons (Fsp3) is 0.909. The maximum Gasteiger partial charge on any atom is 0.411 e. The van der Waals surface area contributed by atoms with Gasteiger partial charge < -0.3 is 15.4 Å². The number of nitrogens with zero attached hydrogens (tertiary/aromatic N) is 1. The summed E-state index contributed by atoms with van der Waals surface area (Å²) in [4.78, 5) is 13.4. The molecule has 1 rings (SSSR count).